The van der Waals surface area contributed by atoms with Gasteiger partial charge in [0.1, 0.15) is 18.2 Å². The summed E-state index contributed by atoms with van der Waals surface area (Å²) in [5, 5.41) is 22.0. The summed E-state index contributed by atoms with van der Waals surface area (Å²) in [5.74, 6) is -1.03. The summed E-state index contributed by atoms with van der Waals surface area (Å²) in [5.41, 5.74) is 1.22. The van der Waals surface area contributed by atoms with Crippen LogP contribution >= 0.6 is 27.5 Å². The summed E-state index contributed by atoms with van der Waals surface area (Å²) >= 11 is 9.41. The Morgan fingerprint density at radius 3 is 2.51 bits per heavy atom. The van der Waals surface area contributed by atoms with E-state index in [1.165, 1.54) is 18.2 Å². The number of nitrogens with zero attached hydrogens (tertiary/aromatic N) is 1. The van der Waals surface area contributed by atoms with Crippen molar-refractivity contribution in [3.05, 3.63) is 92.4 Å². The van der Waals surface area contributed by atoms with E-state index in [0.29, 0.717) is 33.2 Å². The number of rotatable bonds is 9. The number of hydrogen-bond donors (Lipinski definition) is 2. The van der Waals surface area contributed by atoms with Gasteiger partial charge < -0.3 is 19.9 Å². The molecule has 0 aliphatic rings. The maximum Gasteiger partial charge on any atom is 0.337 e. The van der Waals surface area contributed by atoms with E-state index in [1.54, 1.807) is 36.4 Å². The molecule has 0 fully saturated rings. The summed E-state index contributed by atoms with van der Waals surface area (Å²) in [6, 6.07) is 18.4. The van der Waals surface area contributed by atoms with Gasteiger partial charge in [-0.25, -0.2) is 4.79 Å². The molecule has 3 aromatic rings. The van der Waals surface area contributed by atoms with Crippen LogP contribution in [0.2, 0.25) is 5.02 Å². The van der Waals surface area contributed by atoms with Gasteiger partial charge in [-0.15, -0.1) is 0 Å². The van der Waals surface area contributed by atoms with Crippen molar-refractivity contribution in [1.29, 1.82) is 5.26 Å². The van der Waals surface area contributed by atoms with E-state index in [1.807, 2.05) is 25.1 Å². The molecule has 2 N–H and O–H groups in total. The van der Waals surface area contributed by atoms with Crippen LogP contribution in [0.3, 0.4) is 0 Å². The SMILES string of the molecule is CCOc1cc(/C=C(\C#N)C(=O)Nc2ccccc2C(=O)O)cc(Br)c1OCc1ccc(Cl)cc1. The van der Waals surface area contributed by atoms with Crippen LogP contribution in [0.1, 0.15) is 28.4 Å². The Morgan fingerprint density at radius 2 is 1.86 bits per heavy atom. The number of amides is 1. The number of anilines is 1. The summed E-state index contributed by atoms with van der Waals surface area (Å²) in [6.45, 7) is 2.47. The van der Waals surface area contributed by atoms with E-state index in [0.717, 1.165) is 5.56 Å². The van der Waals surface area contributed by atoms with Gasteiger partial charge in [0.2, 0.25) is 0 Å². The molecule has 0 saturated carbocycles. The minimum atomic E-state index is -1.19. The predicted molar refractivity (Wildman–Crippen MR) is 137 cm³/mol. The number of carboxylic acid groups (broad SMARTS) is 1. The highest BCUT2D eigenvalue weighted by Gasteiger charge is 2.17. The molecule has 0 unspecified atom stereocenters. The highest BCUT2D eigenvalue weighted by atomic mass is 79.9. The lowest BCUT2D eigenvalue weighted by Crippen LogP contribution is -2.16. The maximum absolute atomic E-state index is 12.7. The van der Waals surface area contributed by atoms with Crippen LogP contribution in [0.15, 0.2) is 70.7 Å². The zero-order valence-electron chi connectivity index (χ0n) is 18.5. The fourth-order valence-electron chi connectivity index (χ4n) is 3.09. The minimum Gasteiger partial charge on any atom is -0.490 e. The van der Waals surface area contributed by atoms with Gasteiger partial charge in [0, 0.05) is 5.02 Å². The fourth-order valence-corrected chi connectivity index (χ4v) is 3.79. The molecule has 0 radical (unpaired) electrons. The van der Waals surface area contributed by atoms with Crippen molar-refractivity contribution < 1.29 is 24.2 Å². The first-order valence-corrected chi connectivity index (χ1v) is 11.6. The van der Waals surface area contributed by atoms with Crippen molar-refractivity contribution in [2.75, 3.05) is 11.9 Å². The Balaban J connectivity index is 1.86. The van der Waals surface area contributed by atoms with Crippen molar-refractivity contribution in [1.82, 2.24) is 0 Å². The Morgan fingerprint density at radius 1 is 1.14 bits per heavy atom. The Kier molecular flexibility index (Phi) is 8.90. The summed E-state index contributed by atoms with van der Waals surface area (Å²) in [7, 11) is 0. The van der Waals surface area contributed by atoms with Crippen LogP contribution in [0, 0.1) is 11.3 Å². The van der Waals surface area contributed by atoms with Gasteiger partial charge in [-0.3, -0.25) is 4.79 Å². The normalized spacial score (nSPS) is 10.9. The molecular formula is C26H20BrClN2O5. The zero-order chi connectivity index (χ0) is 25.4. The average Bonchev–Trinajstić information content (AvgIpc) is 2.83. The highest BCUT2D eigenvalue weighted by Crippen LogP contribution is 2.38. The highest BCUT2D eigenvalue weighted by molar-refractivity contribution is 9.10. The summed E-state index contributed by atoms with van der Waals surface area (Å²) in [6.07, 6.45) is 1.38. The van der Waals surface area contributed by atoms with Crippen LogP contribution in [-0.2, 0) is 11.4 Å². The summed E-state index contributed by atoms with van der Waals surface area (Å²) < 4.78 is 12.3. The van der Waals surface area contributed by atoms with Crippen molar-refractivity contribution in [3.8, 4) is 17.6 Å². The second kappa shape index (κ2) is 12.1. The number of nitriles is 1. The van der Waals surface area contributed by atoms with Crippen molar-refractivity contribution >= 4 is 51.2 Å². The minimum absolute atomic E-state index is 0.0818. The third kappa shape index (κ3) is 6.85. The molecular weight excluding hydrogens is 536 g/mol. The van der Waals surface area contributed by atoms with Gasteiger partial charge >= 0.3 is 5.97 Å². The van der Waals surface area contributed by atoms with E-state index in [9.17, 15) is 20.0 Å². The number of hydrogen-bond acceptors (Lipinski definition) is 5. The Hall–Kier alpha value is -3.80. The third-order valence-corrected chi connectivity index (χ3v) is 5.55. The lowest BCUT2D eigenvalue weighted by molar-refractivity contribution is -0.112. The molecule has 0 heterocycles. The number of ether oxygens (including phenoxy) is 2. The van der Waals surface area contributed by atoms with Crippen LogP contribution in [0.25, 0.3) is 6.08 Å². The third-order valence-electron chi connectivity index (χ3n) is 4.71. The lowest BCUT2D eigenvalue weighted by atomic mass is 10.1. The van der Waals surface area contributed by atoms with Crippen molar-refractivity contribution in [3.63, 3.8) is 0 Å². The molecule has 7 nitrogen and oxygen atoms in total. The van der Waals surface area contributed by atoms with Gasteiger partial charge in [0.25, 0.3) is 5.91 Å². The summed E-state index contributed by atoms with van der Waals surface area (Å²) in [4.78, 5) is 24.1. The molecule has 35 heavy (non-hydrogen) atoms. The predicted octanol–water partition coefficient (Wildman–Crippen LogP) is 6.32. The molecule has 3 rings (SSSR count). The van der Waals surface area contributed by atoms with E-state index in [4.69, 9.17) is 21.1 Å². The number of benzene rings is 3. The first-order valence-electron chi connectivity index (χ1n) is 10.4. The number of carboxylic acids is 1. The molecule has 0 saturated heterocycles. The van der Waals surface area contributed by atoms with Gasteiger partial charge in [-0.2, -0.15) is 5.26 Å². The van der Waals surface area contributed by atoms with E-state index < -0.39 is 11.9 Å². The number of aromatic carboxylic acids is 1. The van der Waals surface area contributed by atoms with Crippen LogP contribution in [0.5, 0.6) is 11.5 Å². The van der Waals surface area contributed by atoms with Crippen LogP contribution in [0.4, 0.5) is 5.69 Å². The van der Waals surface area contributed by atoms with Gasteiger partial charge in [-0.1, -0.05) is 35.9 Å². The number of para-hydroxylation sites is 1. The van der Waals surface area contributed by atoms with Gasteiger partial charge in [-0.05, 0) is 76.5 Å². The van der Waals surface area contributed by atoms with E-state index in [2.05, 4.69) is 21.2 Å². The van der Waals surface area contributed by atoms with E-state index >= 15 is 0 Å². The molecule has 0 aromatic heterocycles. The lowest BCUT2D eigenvalue weighted by Gasteiger charge is -2.15. The van der Waals surface area contributed by atoms with Crippen LogP contribution < -0.4 is 14.8 Å². The molecule has 1 amide bonds. The van der Waals surface area contributed by atoms with Crippen molar-refractivity contribution in [2.24, 2.45) is 0 Å². The first-order chi connectivity index (χ1) is 16.8. The number of halogens is 2. The molecule has 0 atom stereocenters. The molecule has 0 spiro atoms. The fraction of sp³-hybridized carbons (Fsp3) is 0.115. The number of carbonyl (C=O) groups is 2. The average molecular weight is 556 g/mol. The Bertz CT molecular complexity index is 1320. The van der Waals surface area contributed by atoms with Gasteiger partial charge in [0.05, 0.1) is 22.3 Å². The standard InChI is InChI=1S/C26H20BrClN2O5/c1-2-34-23-13-17(12-21(27)24(23)35-15-16-7-9-19(28)10-8-16)11-18(14-29)25(31)30-22-6-4-3-5-20(22)26(32)33/h3-13H,2,15H2,1H3,(H,30,31)(H,32,33)/b18-11+. The monoisotopic (exact) mass is 554 g/mol. The molecule has 0 aliphatic heterocycles. The molecule has 3 aromatic carbocycles. The zero-order valence-corrected chi connectivity index (χ0v) is 20.9. The molecule has 9 heteroatoms. The number of nitrogens with one attached hydrogen (secondary N) is 1. The van der Waals surface area contributed by atoms with Crippen LogP contribution in [-0.4, -0.2) is 23.6 Å². The second-order valence-electron chi connectivity index (χ2n) is 7.15. The van der Waals surface area contributed by atoms with Gasteiger partial charge in [0.15, 0.2) is 11.5 Å². The quantitative estimate of drug-likeness (QED) is 0.236. The smallest absolute Gasteiger partial charge is 0.337 e. The number of carbonyl (C=O) groups excluding carboxylic acids is 1. The topological polar surface area (TPSA) is 109 Å². The Labute approximate surface area is 215 Å². The largest absolute Gasteiger partial charge is 0.490 e. The van der Waals surface area contributed by atoms with E-state index in [-0.39, 0.29) is 23.4 Å². The maximum atomic E-state index is 12.7. The molecule has 0 aliphatic carbocycles. The second-order valence-corrected chi connectivity index (χ2v) is 8.44. The molecule has 178 valence electrons. The van der Waals surface area contributed by atoms with Crippen molar-refractivity contribution in [2.45, 2.75) is 13.5 Å². The molecule has 0 bridgehead atoms. The first kappa shape index (κ1) is 25.8.